The van der Waals surface area contributed by atoms with Crippen LogP contribution in [-0.4, -0.2) is 14.9 Å². The normalized spacial score (nSPS) is 10.1. The molecule has 20 heavy (non-hydrogen) atoms. The van der Waals surface area contributed by atoms with Gasteiger partial charge in [0.15, 0.2) is 0 Å². The summed E-state index contributed by atoms with van der Waals surface area (Å²) < 4.78 is 5.40. The first-order chi connectivity index (χ1) is 9.60. The maximum Gasteiger partial charge on any atom is 0.406 e. The summed E-state index contributed by atoms with van der Waals surface area (Å²) in [6.07, 6.45) is 1.57. The Kier molecular flexibility index (Phi) is 4.06. The van der Waals surface area contributed by atoms with Crippen LogP contribution in [-0.2, 0) is 6.61 Å². The lowest BCUT2D eigenvalue weighted by atomic mass is 10.3. The molecule has 8 heteroatoms. The third kappa shape index (κ3) is 3.18. The predicted octanol–water partition coefficient (Wildman–Crippen LogP) is 1.56. The van der Waals surface area contributed by atoms with Crippen LogP contribution in [0.3, 0.4) is 0 Å². The highest BCUT2D eigenvalue weighted by atomic mass is 16.6. The minimum Gasteiger partial charge on any atom is -0.479 e. The third-order valence-corrected chi connectivity index (χ3v) is 2.51. The molecule has 3 N–H and O–H groups in total. The van der Waals surface area contributed by atoms with E-state index in [2.05, 4.69) is 15.4 Å². The topological polar surface area (TPSA) is 116 Å². The molecule has 0 bridgehead atoms. The van der Waals surface area contributed by atoms with Crippen LogP contribution in [0.15, 0.2) is 30.5 Å². The van der Waals surface area contributed by atoms with Gasteiger partial charge in [-0.05, 0) is 34.2 Å². The molecule has 2 aromatic rings. The second-order valence-corrected chi connectivity index (χ2v) is 4.00. The van der Waals surface area contributed by atoms with Crippen LogP contribution in [0.4, 0.5) is 11.5 Å². The molecule has 0 aliphatic heterocycles. The summed E-state index contributed by atoms with van der Waals surface area (Å²) in [6, 6.07) is 6.55. The molecular formula is C12H13N5O3. The molecule has 0 unspecified atom stereocenters. The lowest BCUT2D eigenvalue weighted by Crippen LogP contribution is -2.08. The van der Waals surface area contributed by atoms with Crippen LogP contribution in [0.2, 0.25) is 0 Å². The van der Waals surface area contributed by atoms with E-state index in [1.165, 1.54) is 6.07 Å². The zero-order valence-electron chi connectivity index (χ0n) is 10.7. The van der Waals surface area contributed by atoms with E-state index in [1.807, 2.05) is 0 Å². The van der Waals surface area contributed by atoms with Gasteiger partial charge in [-0.25, -0.2) is 0 Å². The molecule has 0 atom stereocenters. The van der Waals surface area contributed by atoms with Gasteiger partial charge in [0.1, 0.15) is 12.3 Å². The Morgan fingerprint density at radius 3 is 2.95 bits per heavy atom. The number of nitro groups is 1. The Bertz CT molecular complexity index is 632. The number of hydrogen-bond donors (Lipinski definition) is 2. The number of anilines is 1. The fourth-order valence-corrected chi connectivity index (χ4v) is 1.57. The Morgan fingerprint density at radius 1 is 1.45 bits per heavy atom. The van der Waals surface area contributed by atoms with Crippen molar-refractivity contribution in [3.63, 3.8) is 0 Å². The molecule has 2 heterocycles. The number of pyridine rings is 2. The Labute approximate surface area is 114 Å². The molecule has 0 radical (unpaired) electrons. The van der Waals surface area contributed by atoms with Crippen molar-refractivity contribution in [1.82, 2.24) is 9.97 Å². The van der Waals surface area contributed by atoms with E-state index < -0.39 is 4.92 Å². The van der Waals surface area contributed by atoms with Crippen LogP contribution >= 0.6 is 0 Å². The van der Waals surface area contributed by atoms with Crippen LogP contribution in [0.5, 0.6) is 5.75 Å². The summed E-state index contributed by atoms with van der Waals surface area (Å²) in [7, 11) is 0. The van der Waals surface area contributed by atoms with Crippen LogP contribution in [0.1, 0.15) is 11.4 Å². The number of nitrogen functional groups attached to an aromatic ring is 1. The first-order valence-electron chi connectivity index (χ1n) is 5.76. The molecule has 0 spiro atoms. The van der Waals surface area contributed by atoms with E-state index in [0.717, 1.165) is 0 Å². The highest BCUT2D eigenvalue weighted by molar-refractivity contribution is 5.42. The first-order valence-corrected chi connectivity index (χ1v) is 5.76. The molecule has 0 aliphatic carbocycles. The summed E-state index contributed by atoms with van der Waals surface area (Å²) in [6.45, 7) is 1.76. The SMILES string of the molecule is Cc1ccc(OCc2cc(NN)ccn2)c([N+](=O)[O-])n1. The molecule has 0 aliphatic rings. The van der Waals surface area contributed by atoms with Gasteiger partial charge in [-0.2, -0.15) is 0 Å². The number of ether oxygens (including phenoxy) is 1. The number of hydrazine groups is 1. The summed E-state index contributed by atoms with van der Waals surface area (Å²) in [5, 5.41) is 10.9. The van der Waals surface area contributed by atoms with E-state index in [-0.39, 0.29) is 18.2 Å². The summed E-state index contributed by atoms with van der Waals surface area (Å²) >= 11 is 0. The average molecular weight is 275 g/mol. The molecule has 0 saturated heterocycles. The van der Waals surface area contributed by atoms with Crippen molar-refractivity contribution >= 4 is 11.5 Å². The number of rotatable bonds is 5. The van der Waals surface area contributed by atoms with Gasteiger partial charge in [0, 0.05) is 13.1 Å². The third-order valence-electron chi connectivity index (χ3n) is 2.51. The first kappa shape index (κ1) is 13.7. The fraction of sp³-hybridized carbons (Fsp3) is 0.167. The van der Waals surface area contributed by atoms with Gasteiger partial charge < -0.3 is 20.3 Å². The molecule has 0 saturated carbocycles. The van der Waals surface area contributed by atoms with E-state index in [1.54, 1.807) is 31.3 Å². The maximum absolute atomic E-state index is 10.9. The average Bonchev–Trinajstić information content (AvgIpc) is 2.46. The monoisotopic (exact) mass is 275 g/mol. The van der Waals surface area contributed by atoms with Crippen LogP contribution in [0.25, 0.3) is 0 Å². The minimum atomic E-state index is -0.576. The van der Waals surface area contributed by atoms with Gasteiger partial charge in [-0.1, -0.05) is 0 Å². The second kappa shape index (κ2) is 5.93. The van der Waals surface area contributed by atoms with Crippen molar-refractivity contribution in [2.45, 2.75) is 13.5 Å². The molecule has 104 valence electrons. The molecule has 2 aromatic heterocycles. The number of hydrogen-bond acceptors (Lipinski definition) is 7. The van der Waals surface area contributed by atoms with Crippen molar-refractivity contribution < 1.29 is 9.66 Å². The largest absolute Gasteiger partial charge is 0.479 e. The smallest absolute Gasteiger partial charge is 0.406 e. The van der Waals surface area contributed by atoms with Crippen molar-refractivity contribution in [1.29, 1.82) is 0 Å². The Hall–Kier alpha value is -2.74. The van der Waals surface area contributed by atoms with Gasteiger partial charge in [0.25, 0.3) is 0 Å². The molecule has 0 fully saturated rings. The Morgan fingerprint density at radius 2 is 2.25 bits per heavy atom. The Balaban J connectivity index is 2.16. The number of nitrogens with one attached hydrogen (secondary N) is 1. The zero-order chi connectivity index (χ0) is 14.5. The zero-order valence-corrected chi connectivity index (χ0v) is 10.7. The summed E-state index contributed by atoms with van der Waals surface area (Å²) in [4.78, 5) is 18.3. The molecule has 8 nitrogen and oxygen atoms in total. The number of nitrogens with two attached hydrogens (primary N) is 1. The van der Waals surface area contributed by atoms with E-state index in [4.69, 9.17) is 10.6 Å². The van der Waals surface area contributed by atoms with Gasteiger partial charge in [-0.15, -0.1) is 0 Å². The summed E-state index contributed by atoms with van der Waals surface area (Å²) in [5.41, 5.74) is 4.31. The number of aryl methyl sites for hydroxylation is 1. The quantitative estimate of drug-likeness (QED) is 0.483. The highest BCUT2D eigenvalue weighted by Gasteiger charge is 2.17. The standard InChI is InChI=1S/C12H13N5O3/c1-8-2-3-11(12(15-8)17(18)19)20-7-10-6-9(16-13)4-5-14-10/h2-6H,7,13H2,1H3,(H,14,16). The van der Waals surface area contributed by atoms with E-state index >= 15 is 0 Å². The number of nitrogens with zero attached hydrogens (tertiary/aromatic N) is 3. The maximum atomic E-state index is 10.9. The minimum absolute atomic E-state index is 0.0844. The van der Waals surface area contributed by atoms with Gasteiger partial charge in [0.2, 0.25) is 5.75 Å². The lowest BCUT2D eigenvalue weighted by Gasteiger charge is -2.07. The lowest BCUT2D eigenvalue weighted by molar-refractivity contribution is -0.390. The van der Waals surface area contributed by atoms with Gasteiger partial charge >= 0.3 is 5.82 Å². The van der Waals surface area contributed by atoms with Crippen molar-refractivity contribution in [2.24, 2.45) is 5.84 Å². The molecule has 0 aromatic carbocycles. The highest BCUT2D eigenvalue weighted by Crippen LogP contribution is 2.25. The van der Waals surface area contributed by atoms with E-state index in [9.17, 15) is 10.1 Å². The fourth-order valence-electron chi connectivity index (χ4n) is 1.57. The van der Waals surface area contributed by atoms with E-state index in [0.29, 0.717) is 17.1 Å². The van der Waals surface area contributed by atoms with Gasteiger partial charge in [-0.3, -0.25) is 10.8 Å². The van der Waals surface area contributed by atoms with Crippen molar-refractivity contribution in [3.8, 4) is 5.75 Å². The molecule has 2 rings (SSSR count). The van der Waals surface area contributed by atoms with Crippen molar-refractivity contribution in [2.75, 3.05) is 5.43 Å². The second-order valence-electron chi connectivity index (χ2n) is 4.00. The van der Waals surface area contributed by atoms with Crippen LogP contribution in [0, 0.1) is 17.0 Å². The van der Waals surface area contributed by atoms with Gasteiger partial charge in [0.05, 0.1) is 11.4 Å². The van der Waals surface area contributed by atoms with Crippen LogP contribution < -0.4 is 16.0 Å². The predicted molar refractivity (Wildman–Crippen MR) is 72.0 cm³/mol. The molecule has 0 amide bonds. The summed E-state index contributed by atoms with van der Waals surface area (Å²) in [5.74, 6) is 5.09. The number of aromatic nitrogens is 2. The molecular weight excluding hydrogens is 262 g/mol. The van der Waals surface area contributed by atoms with Crippen molar-refractivity contribution in [3.05, 3.63) is 52.0 Å².